The van der Waals surface area contributed by atoms with Gasteiger partial charge in [0.25, 0.3) is 0 Å². The molecule has 1 radical (unpaired) electrons. The van der Waals surface area contributed by atoms with Crippen LogP contribution in [0.1, 0.15) is 0 Å². The minimum absolute atomic E-state index is 0.902. The third kappa shape index (κ3) is 2.25. The van der Waals surface area contributed by atoms with Crippen molar-refractivity contribution in [3.8, 4) is 22.5 Å². The van der Waals surface area contributed by atoms with Gasteiger partial charge in [-0.2, -0.15) is 0 Å². The third-order valence-electron chi connectivity index (χ3n) is 3.61. The minimum Gasteiger partial charge on any atom is -0.244 e. The Hall–Kier alpha value is -3.00. The van der Waals surface area contributed by atoms with Crippen molar-refractivity contribution >= 4 is 11.0 Å². The van der Waals surface area contributed by atoms with Crippen molar-refractivity contribution in [1.29, 1.82) is 0 Å². The highest BCUT2D eigenvalue weighted by Gasteiger charge is 2.12. The molecular formula is C20H13N2. The lowest BCUT2D eigenvalue weighted by Crippen LogP contribution is -1.95. The van der Waals surface area contributed by atoms with E-state index in [1.807, 2.05) is 66.7 Å². The zero-order valence-electron chi connectivity index (χ0n) is 11.9. The Kier molecular flexibility index (Phi) is 3.13. The molecule has 4 aromatic rings. The fourth-order valence-corrected chi connectivity index (χ4v) is 2.54. The Bertz CT molecular complexity index is 838. The van der Waals surface area contributed by atoms with Crippen LogP contribution in [0.4, 0.5) is 0 Å². The molecule has 0 amide bonds. The molecule has 0 spiro atoms. The number of hydrogen-bond donors (Lipinski definition) is 0. The molecule has 0 aliphatic rings. The second-order valence-corrected chi connectivity index (χ2v) is 5.06. The lowest BCUT2D eigenvalue weighted by atomic mass is 10.0. The molecule has 103 valence electrons. The highest BCUT2D eigenvalue weighted by atomic mass is 14.8. The van der Waals surface area contributed by atoms with Gasteiger partial charge in [-0.15, -0.1) is 0 Å². The van der Waals surface area contributed by atoms with Crippen LogP contribution in [0.2, 0.25) is 0 Å². The molecule has 1 heterocycles. The maximum atomic E-state index is 4.85. The molecule has 3 aromatic carbocycles. The molecule has 0 saturated carbocycles. The predicted molar refractivity (Wildman–Crippen MR) is 89.2 cm³/mol. The van der Waals surface area contributed by atoms with Crippen LogP contribution >= 0.6 is 0 Å². The van der Waals surface area contributed by atoms with Crippen molar-refractivity contribution < 1.29 is 0 Å². The first kappa shape index (κ1) is 12.7. The molecular weight excluding hydrogens is 268 g/mol. The first-order valence-corrected chi connectivity index (χ1v) is 7.20. The molecule has 0 bridgehead atoms. The fourth-order valence-electron chi connectivity index (χ4n) is 2.54. The van der Waals surface area contributed by atoms with Gasteiger partial charge >= 0.3 is 0 Å². The van der Waals surface area contributed by atoms with Gasteiger partial charge in [-0.05, 0) is 18.2 Å². The van der Waals surface area contributed by atoms with E-state index in [0.29, 0.717) is 0 Å². The Morgan fingerprint density at radius 2 is 1.05 bits per heavy atom. The zero-order chi connectivity index (χ0) is 14.8. The van der Waals surface area contributed by atoms with E-state index in [0.717, 1.165) is 33.5 Å². The summed E-state index contributed by atoms with van der Waals surface area (Å²) in [4.78, 5) is 9.69. The summed E-state index contributed by atoms with van der Waals surface area (Å²) in [6.07, 6.45) is 0. The van der Waals surface area contributed by atoms with Gasteiger partial charge in [0, 0.05) is 11.1 Å². The molecule has 0 aliphatic heterocycles. The van der Waals surface area contributed by atoms with Crippen LogP contribution in [0.3, 0.4) is 0 Å². The average molecular weight is 281 g/mol. The van der Waals surface area contributed by atoms with Crippen molar-refractivity contribution in [2.75, 3.05) is 0 Å². The Balaban J connectivity index is 2.04. The second kappa shape index (κ2) is 5.41. The van der Waals surface area contributed by atoms with Gasteiger partial charge in [-0.25, -0.2) is 9.97 Å². The maximum Gasteiger partial charge on any atom is 0.0973 e. The monoisotopic (exact) mass is 281 g/mol. The first-order valence-electron chi connectivity index (χ1n) is 7.20. The second-order valence-electron chi connectivity index (χ2n) is 5.06. The maximum absolute atomic E-state index is 4.85. The topological polar surface area (TPSA) is 25.8 Å². The molecule has 4 rings (SSSR count). The van der Waals surface area contributed by atoms with E-state index in [1.165, 1.54) is 0 Å². The number of benzene rings is 3. The van der Waals surface area contributed by atoms with Gasteiger partial charge in [0.1, 0.15) is 0 Å². The highest BCUT2D eigenvalue weighted by molar-refractivity contribution is 5.86. The van der Waals surface area contributed by atoms with Gasteiger partial charge in [0.05, 0.1) is 22.4 Å². The lowest BCUT2D eigenvalue weighted by molar-refractivity contribution is 1.29. The first-order chi connectivity index (χ1) is 10.9. The van der Waals surface area contributed by atoms with Gasteiger partial charge in [-0.3, -0.25) is 0 Å². The average Bonchev–Trinajstić information content (AvgIpc) is 2.62. The fraction of sp³-hybridized carbons (Fsp3) is 0. The Labute approximate surface area is 129 Å². The minimum atomic E-state index is 0.902. The number of aromatic nitrogens is 2. The van der Waals surface area contributed by atoms with Crippen molar-refractivity contribution in [1.82, 2.24) is 9.97 Å². The van der Waals surface area contributed by atoms with Crippen LogP contribution in [-0.2, 0) is 0 Å². The van der Waals surface area contributed by atoms with E-state index >= 15 is 0 Å². The molecule has 0 unspecified atom stereocenters. The van der Waals surface area contributed by atoms with Gasteiger partial charge in [0.15, 0.2) is 0 Å². The Morgan fingerprint density at radius 1 is 0.545 bits per heavy atom. The molecule has 0 saturated heterocycles. The molecule has 2 heteroatoms. The standard InChI is InChI=1S/C20H13N2/c1-3-9-15(10-4-1)19-20(16-11-5-2-6-12-16)22-18-14-8-7-13-17(18)21-19/h1,3-14H. The quantitative estimate of drug-likeness (QED) is 0.529. The van der Waals surface area contributed by atoms with E-state index in [2.05, 4.69) is 18.2 Å². The molecule has 0 N–H and O–H groups in total. The number of fused-ring (bicyclic) bond motifs is 1. The van der Waals surface area contributed by atoms with Crippen LogP contribution in [0, 0.1) is 6.07 Å². The van der Waals surface area contributed by atoms with Gasteiger partial charge in [-0.1, -0.05) is 66.7 Å². The summed E-state index contributed by atoms with van der Waals surface area (Å²) in [5.74, 6) is 0. The molecule has 0 aliphatic carbocycles. The summed E-state index contributed by atoms with van der Waals surface area (Å²) in [6.45, 7) is 0. The van der Waals surface area contributed by atoms with Crippen molar-refractivity contribution in [2.45, 2.75) is 0 Å². The van der Waals surface area contributed by atoms with Crippen LogP contribution in [-0.4, -0.2) is 9.97 Å². The molecule has 0 atom stereocenters. The predicted octanol–water partition coefficient (Wildman–Crippen LogP) is 4.76. The van der Waals surface area contributed by atoms with Crippen LogP contribution < -0.4 is 0 Å². The van der Waals surface area contributed by atoms with E-state index in [1.54, 1.807) is 0 Å². The summed E-state index contributed by atoms with van der Waals surface area (Å²) < 4.78 is 0. The lowest BCUT2D eigenvalue weighted by Gasteiger charge is -2.10. The van der Waals surface area contributed by atoms with Gasteiger partial charge in [0.2, 0.25) is 0 Å². The van der Waals surface area contributed by atoms with Crippen molar-refractivity contribution in [3.05, 3.63) is 84.9 Å². The van der Waals surface area contributed by atoms with Crippen molar-refractivity contribution in [2.24, 2.45) is 0 Å². The molecule has 22 heavy (non-hydrogen) atoms. The van der Waals surface area contributed by atoms with Crippen LogP contribution in [0.25, 0.3) is 33.5 Å². The molecule has 0 fully saturated rings. The summed E-state index contributed by atoms with van der Waals surface area (Å²) in [5, 5.41) is 0. The number of hydrogen-bond acceptors (Lipinski definition) is 2. The van der Waals surface area contributed by atoms with Crippen LogP contribution in [0.15, 0.2) is 78.9 Å². The molecule has 2 nitrogen and oxygen atoms in total. The largest absolute Gasteiger partial charge is 0.244 e. The highest BCUT2D eigenvalue weighted by Crippen LogP contribution is 2.30. The van der Waals surface area contributed by atoms with Gasteiger partial charge < -0.3 is 0 Å². The third-order valence-corrected chi connectivity index (χ3v) is 3.61. The van der Waals surface area contributed by atoms with E-state index < -0.39 is 0 Å². The smallest absolute Gasteiger partial charge is 0.0973 e. The Morgan fingerprint density at radius 3 is 1.64 bits per heavy atom. The van der Waals surface area contributed by atoms with Crippen LogP contribution in [0.5, 0.6) is 0 Å². The summed E-state index contributed by atoms with van der Waals surface area (Å²) in [5.41, 5.74) is 5.75. The zero-order valence-corrected chi connectivity index (χ0v) is 11.9. The molecule has 1 aromatic heterocycles. The normalized spacial score (nSPS) is 10.7. The summed E-state index contributed by atoms with van der Waals surface area (Å²) in [7, 11) is 0. The van der Waals surface area contributed by atoms with E-state index in [9.17, 15) is 0 Å². The van der Waals surface area contributed by atoms with Crippen molar-refractivity contribution in [3.63, 3.8) is 0 Å². The SMILES string of the molecule is [c]1ccc(-c2nc3ccccc3nc2-c2ccccc2)cc1. The summed E-state index contributed by atoms with van der Waals surface area (Å²) in [6, 6.07) is 29.1. The number of nitrogens with zero attached hydrogens (tertiary/aromatic N) is 2. The number of rotatable bonds is 2. The van der Waals surface area contributed by atoms with E-state index in [-0.39, 0.29) is 0 Å². The number of para-hydroxylation sites is 2. The van der Waals surface area contributed by atoms with E-state index in [4.69, 9.17) is 9.97 Å². The summed E-state index contributed by atoms with van der Waals surface area (Å²) >= 11 is 0.